The van der Waals surface area contributed by atoms with Crippen LogP contribution in [0.4, 0.5) is 0 Å². The van der Waals surface area contributed by atoms with Gasteiger partial charge in [-0.15, -0.1) is 0 Å². The molecular formula is C10H15N3O2S. The predicted octanol–water partition coefficient (Wildman–Crippen LogP) is 0.304. The molecule has 0 radical (unpaired) electrons. The van der Waals surface area contributed by atoms with Crippen LogP contribution in [0.25, 0.3) is 0 Å². The summed E-state index contributed by atoms with van der Waals surface area (Å²) in [5.74, 6) is 0. The van der Waals surface area contributed by atoms with Gasteiger partial charge in [0.1, 0.15) is 0 Å². The highest BCUT2D eigenvalue weighted by molar-refractivity contribution is 7.90. The second kappa shape index (κ2) is 3.78. The monoisotopic (exact) mass is 241 g/mol. The van der Waals surface area contributed by atoms with Crippen molar-refractivity contribution in [3.63, 3.8) is 0 Å². The van der Waals surface area contributed by atoms with E-state index >= 15 is 0 Å². The van der Waals surface area contributed by atoms with E-state index in [0.717, 1.165) is 31.2 Å². The van der Waals surface area contributed by atoms with E-state index in [-0.39, 0.29) is 10.7 Å². The Morgan fingerprint density at radius 2 is 2.19 bits per heavy atom. The Kier molecular flexibility index (Phi) is 2.71. The van der Waals surface area contributed by atoms with Gasteiger partial charge in [0.25, 0.3) is 0 Å². The Balaban J connectivity index is 2.10. The maximum absolute atomic E-state index is 11.2. The molecule has 16 heavy (non-hydrogen) atoms. The van der Waals surface area contributed by atoms with Gasteiger partial charge in [-0.1, -0.05) is 0 Å². The highest BCUT2D eigenvalue weighted by Gasteiger charge is 2.37. The first-order chi connectivity index (χ1) is 7.39. The van der Waals surface area contributed by atoms with Gasteiger partial charge in [0.2, 0.25) is 15.0 Å². The van der Waals surface area contributed by atoms with Gasteiger partial charge in [-0.05, 0) is 31.7 Å². The molecule has 1 aliphatic rings. The van der Waals surface area contributed by atoms with Crippen molar-refractivity contribution in [2.75, 3.05) is 6.26 Å². The van der Waals surface area contributed by atoms with E-state index in [1.165, 1.54) is 6.20 Å². The first-order valence-corrected chi connectivity index (χ1v) is 7.09. The zero-order valence-electron chi connectivity index (χ0n) is 9.18. The summed E-state index contributed by atoms with van der Waals surface area (Å²) >= 11 is 0. The zero-order valence-corrected chi connectivity index (χ0v) is 10.00. The largest absolute Gasteiger partial charge is 0.325 e. The Morgan fingerprint density at radius 3 is 2.75 bits per heavy atom. The molecule has 1 heterocycles. The van der Waals surface area contributed by atoms with Gasteiger partial charge < -0.3 is 5.73 Å². The molecule has 0 unspecified atom stereocenters. The van der Waals surface area contributed by atoms with Gasteiger partial charge >= 0.3 is 0 Å². The number of hydrogen-bond acceptors (Lipinski definition) is 5. The maximum atomic E-state index is 11.2. The molecule has 6 heteroatoms. The molecule has 5 nitrogen and oxygen atoms in total. The van der Waals surface area contributed by atoms with Crippen LogP contribution >= 0.6 is 0 Å². The van der Waals surface area contributed by atoms with Crippen molar-refractivity contribution < 1.29 is 8.42 Å². The summed E-state index contributed by atoms with van der Waals surface area (Å²) in [4.78, 5) is 7.76. The van der Waals surface area contributed by atoms with Gasteiger partial charge in [-0.2, -0.15) is 0 Å². The second-order valence-corrected chi connectivity index (χ2v) is 6.37. The quantitative estimate of drug-likeness (QED) is 0.766. The molecule has 0 spiro atoms. The fourth-order valence-electron chi connectivity index (χ4n) is 1.48. The maximum Gasteiger partial charge on any atom is 0.246 e. The summed E-state index contributed by atoms with van der Waals surface area (Å²) in [5.41, 5.74) is 6.67. The topological polar surface area (TPSA) is 85.9 Å². The van der Waals surface area contributed by atoms with Crippen LogP contribution in [0.15, 0.2) is 17.4 Å². The SMILES string of the molecule is CS(=O)(=O)c1nccc(CCC2(N)CC2)n1. The van der Waals surface area contributed by atoms with Crippen LogP contribution in [0.1, 0.15) is 25.0 Å². The molecule has 0 atom stereocenters. The van der Waals surface area contributed by atoms with Crippen molar-refractivity contribution in [3.05, 3.63) is 18.0 Å². The van der Waals surface area contributed by atoms with Crippen molar-refractivity contribution in [2.24, 2.45) is 5.73 Å². The van der Waals surface area contributed by atoms with Crippen LogP contribution in [-0.2, 0) is 16.3 Å². The smallest absolute Gasteiger partial charge is 0.246 e. The molecule has 1 aromatic rings. The highest BCUT2D eigenvalue weighted by atomic mass is 32.2. The Labute approximate surface area is 95.0 Å². The molecule has 1 aromatic heterocycles. The molecule has 88 valence electrons. The van der Waals surface area contributed by atoms with Gasteiger partial charge in [-0.25, -0.2) is 18.4 Å². The zero-order chi connectivity index (χ0) is 11.8. The third-order valence-corrected chi connectivity index (χ3v) is 3.65. The van der Waals surface area contributed by atoms with Gasteiger partial charge in [0.05, 0.1) is 0 Å². The standard InChI is InChI=1S/C10H15N3O2S/c1-16(14,15)9-12-7-3-8(13-9)2-4-10(11)5-6-10/h3,7H,2,4-6,11H2,1H3. The lowest BCUT2D eigenvalue weighted by molar-refractivity contribution is 0.584. The molecule has 0 amide bonds. The first kappa shape index (κ1) is 11.5. The van der Waals surface area contributed by atoms with E-state index < -0.39 is 9.84 Å². The van der Waals surface area contributed by atoms with Crippen molar-refractivity contribution in [1.29, 1.82) is 0 Å². The fourth-order valence-corrected chi connectivity index (χ4v) is 2.02. The van der Waals surface area contributed by atoms with Crippen molar-refractivity contribution in [3.8, 4) is 0 Å². The lowest BCUT2D eigenvalue weighted by Gasteiger charge is -2.07. The van der Waals surface area contributed by atoms with Crippen LogP contribution in [0.5, 0.6) is 0 Å². The van der Waals surface area contributed by atoms with Gasteiger partial charge in [0.15, 0.2) is 0 Å². The molecule has 1 saturated carbocycles. The van der Waals surface area contributed by atoms with E-state index in [1.54, 1.807) is 6.07 Å². The molecule has 2 N–H and O–H groups in total. The Hall–Kier alpha value is -1.01. The number of nitrogens with zero attached hydrogens (tertiary/aromatic N) is 2. The number of sulfone groups is 1. The number of aromatic nitrogens is 2. The lowest BCUT2D eigenvalue weighted by Crippen LogP contribution is -2.22. The summed E-state index contributed by atoms with van der Waals surface area (Å²) < 4.78 is 22.5. The Morgan fingerprint density at radius 1 is 1.50 bits per heavy atom. The first-order valence-electron chi connectivity index (χ1n) is 5.20. The average Bonchev–Trinajstić information content (AvgIpc) is 2.94. The van der Waals surface area contributed by atoms with Crippen LogP contribution in [0, 0.1) is 0 Å². The van der Waals surface area contributed by atoms with E-state index in [1.807, 2.05) is 0 Å². The minimum atomic E-state index is -3.32. The molecule has 0 aromatic carbocycles. The molecular weight excluding hydrogens is 226 g/mol. The molecule has 2 rings (SSSR count). The minimum absolute atomic E-state index is 0.0315. The third kappa shape index (κ3) is 2.76. The summed E-state index contributed by atoms with van der Waals surface area (Å²) in [7, 11) is -3.32. The van der Waals surface area contributed by atoms with Crippen molar-refractivity contribution in [1.82, 2.24) is 9.97 Å². The summed E-state index contributed by atoms with van der Waals surface area (Å²) in [6, 6.07) is 1.74. The molecule has 0 saturated heterocycles. The number of rotatable bonds is 4. The van der Waals surface area contributed by atoms with Crippen molar-refractivity contribution in [2.45, 2.75) is 36.4 Å². The molecule has 0 aliphatic heterocycles. The Bertz CT molecular complexity index is 495. The average molecular weight is 241 g/mol. The number of nitrogens with two attached hydrogens (primary N) is 1. The van der Waals surface area contributed by atoms with Crippen LogP contribution in [0.3, 0.4) is 0 Å². The van der Waals surface area contributed by atoms with Crippen LogP contribution < -0.4 is 5.73 Å². The molecule has 1 fully saturated rings. The van der Waals surface area contributed by atoms with E-state index in [0.29, 0.717) is 6.42 Å². The van der Waals surface area contributed by atoms with E-state index in [9.17, 15) is 8.42 Å². The third-order valence-electron chi connectivity index (χ3n) is 2.79. The normalized spacial score (nSPS) is 18.4. The predicted molar refractivity (Wildman–Crippen MR) is 59.6 cm³/mol. The summed E-state index contributed by atoms with van der Waals surface area (Å²) in [6.45, 7) is 0. The minimum Gasteiger partial charge on any atom is -0.325 e. The summed E-state index contributed by atoms with van der Waals surface area (Å²) in [5, 5.41) is -0.105. The highest BCUT2D eigenvalue weighted by Crippen LogP contribution is 2.36. The van der Waals surface area contributed by atoms with E-state index in [2.05, 4.69) is 9.97 Å². The lowest BCUT2D eigenvalue weighted by atomic mass is 10.1. The summed E-state index contributed by atoms with van der Waals surface area (Å²) in [6.07, 6.45) is 6.26. The molecule has 0 bridgehead atoms. The van der Waals surface area contributed by atoms with Crippen molar-refractivity contribution >= 4 is 9.84 Å². The fraction of sp³-hybridized carbons (Fsp3) is 0.600. The number of hydrogen-bond donors (Lipinski definition) is 1. The van der Waals surface area contributed by atoms with Crippen LogP contribution in [-0.4, -0.2) is 30.2 Å². The molecule has 1 aliphatic carbocycles. The van der Waals surface area contributed by atoms with Crippen LogP contribution in [0.2, 0.25) is 0 Å². The van der Waals surface area contributed by atoms with Gasteiger partial charge in [-0.3, -0.25) is 0 Å². The second-order valence-electron chi connectivity index (χ2n) is 4.47. The van der Waals surface area contributed by atoms with Gasteiger partial charge in [0, 0.05) is 23.7 Å². The number of aryl methyl sites for hydroxylation is 1. The van der Waals surface area contributed by atoms with E-state index in [4.69, 9.17) is 5.73 Å².